The Hall–Kier alpha value is -1.98. The summed E-state index contributed by atoms with van der Waals surface area (Å²) in [5.74, 6) is 1.91. The summed E-state index contributed by atoms with van der Waals surface area (Å²) in [5, 5.41) is 13.9. The summed E-state index contributed by atoms with van der Waals surface area (Å²) in [7, 11) is 3.14. The van der Waals surface area contributed by atoms with Crippen LogP contribution in [-0.4, -0.2) is 30.9 Å². The largest absolute Gasteiger partial charge is 0.497 e. The van der Waals surface area contributed by atoms with Crippen LogP contribution in [0, 0.1) is 0 Å². The molecule has 6 heteroatoms. The Morgan fingerprint density at radius 1 is 1.19 bits per heavy atom. The van der Waals surface area contributed by atoms with Crippen LogP contribution in [0.2, 0.25) is 5.02 Å². The number of aliphatic hydroxyl groups is 1. The molecular formula is C15H17ClN2O3. The predicted octanol–water partition coefficient (Wildman–Crippen LogP) is 2.90. The number of aliphatic hydroxyl groups excluding tert-OH is 1. The first-order valence-corrected chi connectivity index (χ1v) is 6.76. The van der Waals surface area contributed by atoms with Gasteiger partial charge in [0.1, 0.15) is 17.3 Å². The summed E-state index contributed by atoms with van der Waals surface area (Å²) >= 11 is 5.77. The summed E-state index contributed by atoms with van der Waals surface area (Å²) in [6, 6.07) is 8.78. The molecule has 0 aliphatic carbocycles. The van der Waals surface area contributed by atoms with E-state index in [-0.39, 0.29) is 0 Å². The molecule has 5 nitrogen and oxygen atoms in total. The van der Waals surface area contributed by atoms with Crippen molar-refractivity contribution in [3.05, 3.63) is 47.1 Å². The minimum atomic E-state index is -0.716. The lowest BCUT2D eigenvalue weighted by molar-refractivity contribution is 0.190. The van der Waals surface area contributed by atoms with Gasteiger partial charge in [-0.15, -0.1) is 0 Å². The molecule has 0 fully saturated rings. The zero-order chi connectivity index (χ0) is 15.2. The average Bonchev–Trinajstić information content (AvgIpc) is 2.53. The molecule has 2 aromatic rings. The Balaban J connectivity index is 2.05. The number of nitrogens with one attached hydrogen (secondary N) is 1. The van der Waals surface area contributed by atoms with Crippen LogP contribution in [0.3, 0.4) is 0 Å². The maximum Gasteiger partial charge on any atom is 0.126 e. The van der Waals surface area contributed by atoms with Gasteiger partial charge in [0.2, 0.25) is 0 Å². The van der Waals surface area contributed by atoms with Gasteiger partial charge < -0.3 is 19.9 Å². The van der Waals surface area contributed by atoms with E-state index in [1.54, 1.807) is 50.7 Å². The molecule has 0 spiro atoms. The van der Waals surface area contributed by atoms with E-state index >= 15 is 0 Å². The highest BCUT2D eigenvalue weighted by molar-refractivity contribution is 6.30. The highest BCUT2D eigenvalue weighted by atomic mass is 35.5. The Morgan fingerprint density at radius 3 is 2.38 bits per heavy atom. The normalized spacial score (nSPS) is 11.8. The number of methoxy groups -OCH3 is 2. The number of rotatable bonds is 6. The maximum atomic E-state index is 10.2. The number of benzene rings is 1. The first-order chi connectivity index (χ1) is 10.1. The Labute approximate surface area is 128 Å². The van der Waals surface area contributed by atoms with Gasteiger partial charge in [-0.05, 0) is 29.8 Å². The molecule has 1 aromatic heterocycles. The number of ether oxygens (including phenoxy) is 2. The molecule has 0 aliphatic heterocycles. The predicted molar refractivity (Wildman–Crippen MR) is 82.2 cm³/mol. The Kier molecular flexibility index (Phi) is 5.25. The van der Waals surface area contributed by atoms with Crippen molar-refractivity contribution >= 4 is 17.4 Å². The Morgan fingerprint density at radius 2 is 1.86 bits per heavy atom. The molecule has 1 atom stereocenters. The van der Waals surface area contributed by atoms with Gasteiger partial charge in [-0.25, -0.2) is 4.98 Å². The molecule has 0 radical (unpaired) electrons. The molecule has 0 amide bonds. The SMILES string of the molecule is COc1cc(OC)cc([C@H](O)CNc2ccc(Cl)cn2)c1. The summed E-state index contributed by atoms with van der Waals surface area (Å²) < 4.78 is 10.4. The molecule has 0 bridgehead atoms. The number of hydrogen-bond donors (Lipinski definition) is 2. The van der Waals surface area contributed by atoms with E-state index < -0.39 is 6.10 Å². The molecule has 0 aliphatic rings. The smallest absolute Gasteiger partial charge is 0.126 e. The first kappa shape index (κ1) is 15.4. The van der Waals surface area contributed by atoms with E-state index in [0.717, 1.165) is 0 Å². The van der Waals surface area contributed by atoms with Crippen LogP contribution < -0.4 is 14.8 Å². The van der Waals surface area contributed by atoms with Gasteiger partial charge in [-0.3, -0.25) is 0 Å². The molecule has 1 aromatic carbocycles. The minimum Gasteiger partial charge on any atom is -0.497 e. The van der Waals surface area contributed by atoms with Crippen molar-refractivity contribution in [2.45, 2.75) is 6.10 Å². The third-order valence-corrected chi connectivity index (χ3v) is 3.19. The molecule has 2 N–H and O–H groups in total. The standard InChI is InChI=1S/C15H17ClN2O3/c1-20-12-5-10(6-13(7-12)21-2)14(19)9-18-15-4-3-11(16)8-17-15/h3-8,14,19H,9H2,1-2H3,(H,17,18)/t14-/m1/s1. The number of halogens is 1. The van der Waals surface area contributed by atoms with Gasteiger partial charge >= 0.3 is 0 Å². The van der Waals surface area contributed by atoms with Crippen LogP contribution >= 0.6 is 11.6 Å². The van der Waals surface area contributed by atoms with Crippen molar-refractivity contribution in [2.75, 3.05) is 26.1 Å². The third-order valence-electron chi connectivity index (χ3n) is 2.96. The average molecular weight is 309 g/mol. The fraction of sp³-hybridized carbons (Fsp3) is 0.267. The van der Waals surface area contributed by atoms with E-state index in [2.05, 4.69) is 10.3 Å². The number of nitrogens with zero attached hydrogens (tertiary/aromatic N) is 1. The van der Waals surface area contributed by atoms with Crippen LogP contribution in [0.15, 0.2) is 36.5 Å². The van der Waals surface area contributed by atoms with E-state index in [4.69, 9.17) is 21.1 Å². The highest BCUT2D eigenvalue weighted by Gasteiger charge is 2.11. The lowest BCUT2D eigenvalue weighted by Gasteiger charge is -2.15. The molecule has 0 unspecified atom stereocenters. The van der Waals surface area contributed by atoms with Crippen LogP contribution in [0.25, 0.3) is 0 Å². The molecule has 0 saturated carbocycles. The van der Waals surface area contributed by atoms with E-state index in [0.29, 0.717) is 34.4 Å². The molecule has 0 saturated heterocycles. The second-order valence-electron chi connectivity index (χ2n) is 4.40. The Bertz CT molecular complexity index is 568. The number of aromatic nitrogens is 1. The number of anilines is 1. The lowest BCUT2D eigenvalue weighted by atomic mass is 10.1. The van der Waals surface area contributed by atoms with Crippen molar-refractivity contribution in [1.82, 2.24) is 4.98 Å². The van der Waals surface area contributed by atoms with Gasteiger partial charge in [-0.2, -0.15) is 0 Å². The lowest BCUT2D eigenvalue weighted by Crippen LogP contribution is -2.13. The van der Waals surface area contributed by atoms with Gasteiger partial charge in [0.05, 0.1) is 25.3 Å². The second-order valence-corrected chi connectivity index (χ2v) is 4.84. The summed E-state index contributed by atoms with van der Waals surface area (Å²) in [5.41, 5.74) is 0.702. The van der Waals surface area contributed by atoms with E-state index in [1.807, 2.05) is 0 Å². The molecular weight excluding hydrogens is 292 g/mol. The fourth-order valence-electron chi connectivity index (χ4n) is 1.82. The number of pyridine rings is 1. The fourth-order valence-corrected chi connectivity index (χ4v) is 1.93. The summed E-state index contributed by atoms with van der Waals surface area (Å²) in [4.78, 5) is 4.11. The summed E-state index contributed by atoms with van der Waals surface area (Å²) in [6.45, 7) is 0.310. The zero-order valence-electron chi connectivity index (χ0n) is 11.8. The first-order valence-electron chi connectivity index (χ1n) is 6.39. The van der Waals surface area contributed by atoms with Crippen molar-refractivity contribution in [2.24, 2.45) is 0 Å². The van der Waals surface area contributed by atoms with Crippen LogP contribution in [-0.2, 0) is 0 Å². The molecule has 112 valence electrons. The van der Waals surface area contributed by atoms with Gasteiger partial charge in [0.15, 0.2) is 0 Å². The monoisotopic (exact) mass is 308 g/mol. The molecule has 21 heavy (non-hydrogen) atoms. The van der Waals surface area contributed by atoms with E-state index in [9.17, 15) is 5.11 Å². The second kappa shape index (κ2) is 7.15. The minimum absolute atomic E-state index is 0.310. The van der Waals surface area contributed by atoms with Crippen LogP contribution in [0.4, 0.5) is 5.82 Å². The van der Waals surface area contributed by atoms with Crippen molar-refractivity contribution in [3.63, 3.8) is 0 Å². The molecule has 2 rings (SSSR count). The van der Waals surface area contributed by atoms with Gasteiger partial charge in [0, 0.05) is 18.8 Å². The zero-order valence-corrected chi connectivity index (χ0v) is 12.6. The van der Waals surface area contributed by atoms with Crippen molar-refractivity contribution in [1.29, 1.82) is 0 Å². The maximum absolute atomic E-state index is 10.2. The van der Waals surface area contributed by atoms with Gasteiger partial charge in [0.25, 0.3) is 0 Å². The van der Waals surface area contributed by atoms with E-state index in [1.165, 1.54) is 0 Å². The topological polar surface area (TPSA) is 63.6 Å². The van der Waals surface area contributed by atoms with Crippen molar-refractivity contribution < 1.29 is 14.6 Å². The number of hydrogen-bond acceptors (Lipinski definition) is 5. The van der Waals surface area contributed by atoms with Gasteiger partial charge in [-0.1, -0.05) is 11.6 Å². The summed E-state index contributed by atoms with van der Waals surface area (Å²) in [6.07, 6.45) is 0.830. The van der Waals surface area contributed by atoms with Crippen LogP contribution in [0.5, 0.6) is 11.5 Å². The van der Waals surface area contributed by atoms with Crippen molar-refractivity contribution in [3.8, 4) is 11.5 Å². The third kappa shape index (κ3) is 4.24. The highest BCUT2D eigenvalue weighted by Crippen LogP contribution is 2.26. The molecule has 1 heterocycles. The van der Waals surface area contributed by atoms with Crippen LogP contribution in [0.1, 0.15) is 11.7 Å². The quantitative estimate of drug-likeness (QED) is 0.859.